The summed E-state index contributed by atoms with van der Waals surface area (Å²) in [5, 5.41) is 3.60. The molecule has 0 aliphatic heterocycles. The van der Waals surface area contributed by atoms with Crippen LogP contribution in [0.25, 0.3) is 0 Å². The van der Waals surface area contributed by atoms with Crippen LogP contribution in [0, 0.1) is 0 Å². The highest BCUT2D eigenvalue weighted by molar-refractivity contribution is 7.92. The van der Waals surface area contributed by atoms with Gasteiger partial charge in [0.15, 0.2) is 11.5 Å². The number of amides is 2. The van der Waals surface area contributed by atoms with Crippen molar-refractivity contribution in [2.45, 2.75) is 62.6 Å². The van der Waals surface area contributed by atoms with Crippen LogP contribution in [0.2, 0.25) is 5.02 Å². The Labute approximate surface area is 305 Å². The summed E-state index contributed by atoms with van der Waals surface area (Å²) in [6.45, 7) is 1.63. The van der Waals surface area contributed by atoms with Gasteiger partial charge >= 0.3 is 0 Å². The predicted octanol–water partition coefficient (Wildman–Crippen LogP) is 6.65. The second-order valence-electron chi connectivity index (χ2n) is 12.3. The van der Waals surface area contributed by atoms with Crippen molar-refractivity contribution in [1.29, 1.82) is 0 Å². The molecule has 1 atom stereocenters. The Hall–Kier alpha value is -4.74. The van der Waals surface area contributed by atoms with Gasteiger partial charge in [-0.05, 0) is 73.4 Å². The van der Waals surface area contributed by atoms with Gasteiger partial charge in [-0.15, -0.1) is 0 Å². The van der Waals surface area contributed by atoms with Crippen LogP contribution in [0.5, 0.6) is 17.2 Å². The van der Waals surface area contributed by atoms with Crippen LogP contribution >= 0.6 is 11.6 Å². The number of hydrogen-bond donors (Lipinski definition) is 1. The SMILES string of the molecule is CCOc1ccc(N(CC(=O)N(Cc2ccccc2Cl)[C@H](Cc2ccccc2)C(=O)NC2CCCC2)S(=O)(=O)c2ccc(OC)c(OC)c2)cc1. The van der Waals surface area contributed by atoms with Gasteiger partial charge in [-0.1, -0.05) is 73.0 Å². The summed E-state index contributed by atoms with van der Waals surface area (Å²) in [6, 6.07) is 26.3. The molecule has 1 fully saturated rings. The van der Waals surface area contributed by atoms with E-state index in [1.165, 1.54) is 37.3 Å². The Morgan fingerprint density at radius 3 is 2.20 bits per heavy atom. The van der Waals surface area contributed by atoms with Crippen molar-refractivity contribution in [3.63, 3.8) is 0 Å². The van der Waals surface area contributed by atoms with E-state index in [1.807, 2.05) is 43.3 Å². The largest absolute Gasteiger partial charge is 0.494 e. The van der Waals surface area contributed by atoms with E-state index < -0.39 is 28.5 Å². The molecule has 0 saturated heterocycles. The molecule has 0 unspecified atom stereocenters. The molecule has 1 saturated carbocycles. The zero-order valence-corrected chi connectivity index (χ0v) is 30.7. The van der Waals surface area contributed by atoms with Crippen molar-refractivity contribution in [2.75, 3.05) is 31.7 Å². The van der Waals surface area contributed by atoms with Crippen LogP contribution in [-0.4, -0.2) is 64.6 Å². The average molecular weight is 734 g/mol. The highest BCUT2D eigenvalue weighted by Crippen LogP contribution is 2.33. The Balaban J connectivity index is 1.59. The molecule has 4 aromatic rings. The van der Waals surface area contributed by atoms with Crippen molar-refractivity contribution in [2.24, 2.45) is 0 Å². The number of carbonyl (C=O) groups is 2. The number of nitrogens with zero attached hydrogens (tertiary/aromatic N) is 2. The minimum atomic E-state index is -4.39. The van der Waals surface area contributed by atoms with Gasteiger partial charge in [0, 0.05) is 30.1 Å². The summed E-state index contributed by atoms with van der Waals surface area (Å²) in [4.78, 5) is 30.4. The summed E-state index contributed by atoms with van der Waals surface area (Å²) in [6.07, 6.45) is 3.96. The van der Waals surface area contributed by atoms with Gasteiger partial charge < -0.3 is 24.4 Å². The molecular weight excluding hydrogens is 690 g/mol. The molecule has 0 bridgehead atoms. The van der Waals surface area contributed by atoms with Crippen LogP contribution in [0.15, 0.2) is 102 Å². The number of rotatable bonds is 16. The van der Waals surface area contributed by atoms with Crippen LogP contribution < -0.4 is 23.8 Å². The quantitative estimate of drug-likeness (QED) is 0.137. The van der Waals surface area contributed by atoms with Gasteiger partial charge in [-0.2, -0.15) is 0 Å². The maximum absolute atomic E-state index is 14.8. The van der Waals surface area contributed by atoms with E-state index in [0.717, 1.165) is 35.6 Å². The van der Waals surface area contributed by atoms with Gasteiger partial charge in [0.25, 0.3) is 10.0 Å². The number of benzene rings is 4. The lowest BCUT2D eigenvalue weighted by Gasteiger charge is -2.34. The fourth-order valence-corrected chi connectivity index (χ4v) is 7.87. The first-order valence-electron chi connectivity index (χ1n) is 17.0. The Kier molecular flexibility index (Phi) is 12.8. The van der Waals surface area contributed by atoms with Crippen molar-refractivity contribution in [3.05, 3.63) is 113 Å². The lowest BCUT2D eigenvalue weighted by atomic mass is 10.0. The highest BCUT2D eigenvalue weighted by Gasteiger charge is 2.36. The minimum absolute atomic E-state index is 0.00109. The fourth-order valence-electron chi connectivity index (χ4n) is 6.24. The molecule has 10 nitrogen and oxygen atoms in total. The summed E-state index contributed by atoms with van der Waals surface area (Å²) in [5.74, 6) is 0.214. The molecule has 5 rings (SSSR count). The first kappa shape index (κ1) is 37.5. The third-order valence-electron chi connectivity index (χ3n) is 8.93. The molecule has 0 spiro atoms. The molecular formula is C39H44ClN3O7S. The Morgan fingerprint density at radius 2 is 1.55 bits per heavy atom. The zero-order valence-electron chi connectivity index (χ0n) is 29.1. The van der Waals surface area contributed by atoms with Crippen LogP contribution in [-0.2, 0) is 32.6 Å². The van der Waals surface area contributed by atoms with Crippen LogP contribution in [0.1, 0.15) is 43.7 Å². The zero-order chi connectivity index (χ0) is 36.4. The van der Waals surface area contributed by atoms with E-state index in [9.17, 15) is 18.0 Å². The third-order valence-corrected chi connectivity index (χ3v) is 11.1. The van der Waals surface area contributed by atoms with E-state index in [1.54, 1.807) is 42.5 Å². The number of nitrogens with one attached hydrogen (secondary N) is 1. The maximum atomic E-state index is 14.8. The highest BCUT2D eigenvalue weighted by atomic mass is 35.5. The molecule has 0 aromatic heterocycles. The third kappa shape index (κ3) is 9.33. The minimum Gasteiger partial charge on any atom is -0.494 e. The molecule has 0 heterocycles. The molecule has 0 radical (unpaired) electrons. The lowest BCUT2D eigenvalue weighted by molar-refractivity contribution is -0.140. The number of sulfonamides is 1. The van der Waals surface area contributed by atoms with Crippen LogP contribution in [0.4, 0.5) is 5.69 Å². The first-order valence-corrected chi connectivity index (χ1v) is 18.8. The van der Waals surface area contributed by atoms with E-state index in [2.05, 4.69) is 5.32 Å². The van der Waals surface area contributed by atoms with E-state index >= 15 is 0 Å². The van der Waals surface area contributed by atoms with Gasteiger partial charge in [0.1, 0.15) is 18.3 Å². The van der Waals surface area contributed by atoms with E-state index in [-0.39, 0.29) is 41.2 Å². The Bertz CT molecular complexity index is 1880. The molecule has 1 aliphatic carbocycles. The lowest BCUT2D eigenvalue weighted by Crippen LogP contribution is -2.54. The summed E-state index contributed by atoms with van der Waals surface area (Å²) < 4.78 is 46.5. The molecule has 270 valence electrons. The van der Waals surface area contributed by atoms with Gasteiger partial charge in [0.2, 0.25) is 11.8 Å². The van der Waals surface area contributed by atoms with Crippen molar-refractivity contribution in [1.82, 2.24) is 10.2 Å². The summed E-state index contributed by atoms with van der Waals surface area (Å²) in [7, 11) is -1.51. The number of methoxy groups -OCH3 is 2. The standard InChI is InChI=1S/C39H44ClN3O7S/c1-4-50-32-20-18-31(19-21-32)43(51(46,47)33-22-23-36(48-2)37(25-33)49-3)27-38(44)42(26-29-14-8-11-17-34(29)40)35(24-28-12-6-5-7-13-28)39(45)41-30-15-9-10-16-30/h5-8,11-14,17-23,25,30,35H,4,9-10,15-16,24,26-27H2,1-3H3,(H,41,45)/t35-/m1/s1. The number of ether oxygens (including phenoxy) is 3. The second-order valence-corrected chi connectivity index (χ2v) is 14.5. The van der Waals surface area contributed by atoms with Gasteiger partial charge in [-0.25, -0.2) is 8.42 Å². The molecule has 1 N–H and O–H groups in total. The second kappa shape index (κ2) is 17.5. The average Bonchev–Trinajstić information content (AvgIpc) is 3.66. The van der Waals surface area contributed by atoms with Crippen molar-refractivity contribution < 1.29 is 32.2 Å². The van der Waals surface area contributed by atoms with Gasteiger partial charge in [-0.3, -0.25) is 13.9 Å². The fraction of sp³-hybridized carbons (Fsp3) is 0.333. The molecule has 2 amide bonds. The number of halogens is 1. The predicted molar refractivity (Wildman–Crippen MR) is 198 cm³/mol. The normalized spacial score (nSPS) is 13.6. The maximum Gasteiger partial charge on any atom is 0.264 e. The molecule has 4 aromatic carbocycles. The monoisotopic (exact) mass is 733 g/mol. The summed E-state index contributed by atoms with van der Waals surface area (Å²) >= 11 is 6.62. The number of hydrogen-bond acceptors (Lipinski definition) is 7. The van der Waals surface area contributed by atoms with Gasteiger partial charge in [0.05, 0.1) is 31.4 Å². The number of carbonyl (C=O) groups excluding carboxylic acids is 2. The topological polar surface area (TPSA) is 114 Å². The number of anilines is 1. The Morgan fingerprint density at radius 1 is 0.882 bits per heavy atom. The molecule has 12 heteroatoms. The summed E-state index contributed by atoms with van der Waals surface area (Å²) in [5.41, 5.74) is 1.70. The first-order chi connectivity index (χ1) is 24.6. The van der Waals surface area contributed by atoms with Crippen molar-refractivity contribution >= 4 is 39.1 Å². The smallest absolute Gasteiger partial charge is 0.264 e. The van der Waals surface area contributed by atoms with Crippen LogP contribution in [0.3, 0.4) is 0 Å². The van der Waals surface area contributed by atoms with Crippen molar-refractivity contribution in [3.8, 4) is 17.2 Å². The molecule has 1 aliphatic rings. The van der Waals surface area contributed by atoms with E-state index in [4.69, 9.17) is 25.8 Å². The van der Waals surface area contributed by atoms with E-state index in [0.29, 0.717) is 28.7 Å². The molecule has 51 heavy (non-hydrogen) atoms.